The van der Waals surface area contributed by atoms with Crippen molar-refractivity contribution in [2.45, 2.75) is 32.6 Å². The van der Waals surface area contributed by atoms with E-state index < -0.39 is 0 Å². The minimum absolute atomic E-state index is 0. The Balaban J connectivity index is 0.000000157. The van der Waals surface area contributed by atoms with E-state index in [0.29, 0.717) is 11.1 Å². The van der Waals surface area contributed by atoms with Gasteiger partial charge in [-0.15, -0.1) is 0 Å². The molecule has 0 N–H and O–H groups in total. The second-order valence-corrected chi connectivity index (χ2v) is 23.0. The summed E-state index contributed by atoms with van der Waals surface area (Å²) in [5, 5.41) is 13.1. The van der Waals surface area contributed by atoms with Crippen LogP contribution in [0.4, 0.5) is 0 Å². The molecule has 0 radical (unpaired) electrons. The number of imidazole rings is 2. The molecule has 1 amide bonds. The number of amides is 1. The molecule has 0 atom stereocenters. The fraction of sp³-hybridized carbons (Fsp3) is 0.120. The Kier molecular flexibility index (Phi) is 20.0. The van der Waals surface area contributed by atoms with E-state index >= 15 is 0 Å². The van der Waals surface area contributed by atoms with Crippen molar-refractivity contribution in [3.63, 3.8) is 0 Å². The quantitative estimate of drug-likeness (QED) is 0.0650. The Morgan fingerprint density at radius 1 is 0.471 bits per heavy atom. The first-order chi connectivity index (χ1) is 42.1. The van der Waals surface area contributed by atoms with Crippen molar-refractivity contribution in [1.82, 2.24) is 24.0 Å². The second kappa shape index (κ2) is 28.3. The Labute approximate surface area is 535 Å². The molecule has 0 spiro atoms. The van der Waals surface area contributed by atoms with Crippen LogP contribution < -0.4 is 18.9 Å². The molecule has 0 saturated carbocycles. The number of benzene rings is 12. The smallest absolute Gasteiger partial charge is 0.381 e. The molecule has 12 aromatic carbocycles. The largest absolute Gasteiger partial charge is 1.00 e. The van der Waals surface area contributed by atoms with Gasteiger partial charge in [-0.2, -0.15) is 6.42 Å². The van der Waals surface area contributed by atoms with E-state index in [1.807, 2.05) is 66.7 Å². The van der Waals surface area contributed by atoms with Gasteiger partial charge in [0.1, 0.15) is 24.2 Å². The van der Waals surface area contributed by atoms with Crippen molar-refractivity contribution in [3.8, 4) is 34.2 Å². The molecule has 87 heavy (non-hydrogen) atoms. The first-order valence-electron chi connectivity index (χ1n) is 28.8. The fourth-order valence-corrected chi connectivity index (χ4v) is 11.8. The summed E-state index contributed by atoms with van der Waals surface area (Å²) in [5.74, 6) is 1.79. The van der Waals surface area contributed by atoms with E-state index in [1.54, 1.807) is 14.1 Å². The van der Waals surface area contributed by atoms with Crippen LogP contribution in [0.15, 0.2) is 227 Å². The van der Waals surface area contributed by atoms with E-state index in [0.717, 1.165) is 141 Å². The van der Waals surface area contributed by atoms with Crippen molar-refractivity contribution >= 4 is 138 Å². The van der Waals surface area contributed by atoms with Crippen LogP contribution in [0.1, 0.15) is 53.3 Å². The van der Waals surface area contributed by atoms with Crippen molar-refractivity contribution in [2.75, 3.05) is 27.3 Å². The monoisotopic (exact) mass is 1260 g/mol. The SMILES string of the molecule is Brc1ccc2c(c1)c1cc(Br)ccc1c1c2nc(-c2cccc3ccccc23)n1-c1ccccc1.C1CCOC1.CN(C)C=O.O=Cc1ccc2c(c1)c1cc(C=O)ccc1c1c2nc(-c2cccc3ccccc23)n1-c1ccccc1.[CH2-]CCC.[Li+]. The molecular weight excluding hydrogens is 1200 g/mol. The minimum Gasteiger partial charge on any atom is -0.381 e. The van der Waals surface area contributed by atoms with Gasteiger partial charge in [0, 0.05) is 91.4 Å². The molecule has 1 aliphatic heterocycles. The first-order valence-corrected chi connectivity index (χ1v) is 30.3. The van der Waals surface area contributed by atoms with Crippen molar-refractivity contribution in [1.29, 1.82) is 0 Å². The number of fused-ring (bicyclic) bond motifs is 14. The number of nitrogens with zero attached hydrogens (tertiary/aromatic N) is 5. The molecule has 1 saturated heterocycles. The van der Waals surface area contributed by atoms with Crippen molar-refractivity contribution in [3.05, 3.63) is 245 Å². The summed E-state index contributed by atoms with van der Waals surface area (Å²) in [7, 11) is 3.38. The van der Waals surface area contributed by atoms with Gasteiger partial charge in [0.2, 0.25) is 6.41 Å². The van der Waals surface area contributed by atoms with Crippen LogP contribution in [0, 0.1) is 6.92 Å². The molecule has 0 unspecified atom stereocenters. The van der Waals surface area contributed by atoms with Crippen LogP contribution >= 0.6 is 31.9 Å². The maximum absolute atomic E-state index is 11.7. The molecule has 9 nitrogen and oxygen atoms in total. The Morgan fingerprint density at radius 3 is 1.25 bits per heavy atom. The zero-order valence-electron chi connectivity index (χ0n) is 49.1. The molecule has 426 valence electrons. The summed E-state index contributed by atoms with van der Waals surface area (Å²) in [6.45, 7) is 7.72. The van der Waals surface area contributed by atoms with E-state index in [9.17, 15) is 14.4 Å². The zero-order valence-corrected chi connectivity index (χ0v) is 52.3. The summed E-state index contributed by atoms with van der Waals surface area (Å²) >= 11 is 7.38. The first kappa shape index (κ1) is 61.6. The zero-order chi connectivity index (χ0) is 59.7. The van der Waals surface area contributed by atoms with Gasteiger partial charge in [-0.25, -0.2) is 9.97 Å². The number of aromatic nitrogens is 4. The molecule has 0 aliphatic carbocycles. The maximum Gasteiger partial charge on any atom is 1.00 e. The maximum atomic E-state index is 11.7. The minimum atomic E-state index is 0. The van der Waals surface area contributed by atoms with Crippen molar-refractivity contribution < 1.29 is 38.0 Å². The average molecular weight is 1260 g/mol. The third-order valence-corrected chi connectivity index (χ3v) is 16.1. The molecule has 2 aromatic heterocycles. The van der Waals surface area contributed by atoms with Crippen LogP contribution in [-0.2, 0) is 9.53 Å². The molecule has 0 bridgehead atoms. The topological polar surface area (TPSA) is 99.3 Å². The molecular formula is C75H62Br2LiN5O4. The Hall–Kier alpha value is -8.53. The predicted molar refractivity (Wildman–Crippen MR) is 364 cm³/mol. The summed E-state index contributed by atoms with van der Waals surface area (Å²) in [4.78, 5) is 44.9. The van der Waals surface area contributed by atoms with Crippen LogP contribution in [0.2, 0.25) is 0 Å². The number of hydrogen-bond acceptors (Lipinski definition) is 6. The number of carbonyl (C=O) groups excluding carboxylic acids is 3. The van der Waals surface area contributed by atoms with Gasteiger partial charge in [0.25, 0.3) is 0 Å². The van der Waals surface area contributed by atoms with Crippen LogP contribution in [-0.4, -0.2) is 70.3 Å². The van der Waals surface area contributed by atoms with Crippen LogP contribution in [0.5, 0.6) is 0 Å². The molecule has 1 aliphatic rings. The Bertz CT molecular complexity index is 4770. The predicted octanol–water partition coefficient (Wildman–Crippen LogP) is 16.6. The summed E-state index contributed by atoms with van der Waals surface area (Å²) in [5.41, 5.74) is 9.37. The number of hydrogen-bond donors (Lipinski definition) is 0. The van der Waals surface area contributed by atoms with Crippen LogP contribution in [0.25, 0.3) is 121 Å². The normalized spacial score (nSPS) is 11.7. The standard InChI is InChI=1S/C33H20N2O2.C31H18Br2N2.C4H8O.C4H9.C3H7NO.Li/c36-19-21-13-15-26-29(17-21)30-18-22(20-37)14-16-27(30)32-31(26)34-33(35(32)24-9-2-1-3-10-24)28-12-6-8-23-7-4-5-11-25(23)28;32-20-13-15-24-27(17-20)28-18-21(33)14-16-25(28)30-29(24)34-31(35(30)22-9-2-1-3-10-22)26-12-6-8-19-7-4-5-11-23(19)26;1-2-4-5-3-1;1-3-4-2;1-4(2)3-5;/h1-20H;1-18H;1-4H2;1,3-4H2,2H3;3H,1-2H3;/q;;;-1;;+1. The number of rotatable bonds is 8. The molecule has 15 rings (SSSR count). The Morgan fingerprint density at radius 2 is 0.839 bits per heavy atom. The summed E-state index contributed by atoms with van der Waals surface area (Å²) in [6.07, 6.45) is 7.29. The van der Waals surface area contributed by atoms with E-state index in [2.05, 4.69) is 207 Å². The number of unbranched alkanes of at least 4 members (excludes halogenated alkanes) is 1. The van der Waals surface area contributed by atoms with Gasteiger partial charge < -0.3 is 16.6 Å². The van der Waals surface area contributed by atoms with Crippen molar-refractivity contribution in [2.24, 2.45) is 0 Å². The molecule has 12 heteroatoms. The second-order valence-electron chi connectivity index (χ2n) is 21.1. The van der Waals surface area contributed by atoms with Crippen LogP contribution in [0.3, 0.4) is 0 Å². The average Bonchev–Trinajstić information content (AvgIpc) is 1.66. The third kappa shape index (κ3) is 12.8. The number of para-hydroxylation sites is 2. The number of ether oxygens (including phenoxy) is 1. The number of carbonyl (C=O) groups is 3. The molecule has 1 fully saturated rings. The van der Waals surface area contributed by atoms with Gasteiger partial charge in [0.05, 0.1) is 22.1 Å². The summed E-state index contributed by atoms with van der Waals surface area (Å²) < 4.78 is 11.6. The van der Waals surface area contributed by atoms with Gasteiger partial charge >= 0.3 is 18.9 Å². The van der Waals surface area contributed by atoms with Gasteiger partial charge in [-0.1, -0.05) is 203 Å². The molecule has 3 heterocycles. The summed E-state index contributed by atoms with van der Waals surface area (Å²) in [6, 6.07) is 74.8. The number of aldehydes is 2. The number of halogens is 2. The van der Waals surface area contributed by atoms with E-state index in [1.165, 1.54) is 51.1 Å². The molecule has 14 aromatic rings. The van der Waals surface area contributed by atoms with Gasteiger partial charge in [0.15, 0.2) is 0 Å². The van der Waals surface area contributed by atoms with E-state index in [4.69, 9.17) is 14.7 Å². The van der Waals surface area contributed by atoms with Gasteiger partial charge in [-0.3, -0.25) is 23.5 Å². The van der Waals surface area contributed by atoms with Gasteiger partial charge in [-0.05, 0) is 117 Å². The van der Waals surface area contributed by atoms with E-state index in [-0.39, 0.29) is 18.9 Å². The fourth-order valence-electron chi connectivity index (χ4n) is 11.1. The third-order valence-electron chi connectivity index (χ3n) is 15.2.